The lowest BCUT2D eigenvalue weighted by atomic mass is 10.0. The molecule has 18 heavy (non-hydrogen) atoms. The van der Waals surface area contributed by atoms with E-state index in [1.807, 2.05) is 6.07 Å². The average molecular weight is 273 g/mol. The summed E-state index contributed by atoms with van der Waals surface area (Å²) in [6, 6.07) is 5.91. The van der Waals surface area contributed by atoms with Crippen LogP contribution < -0.4 is 5.32 Å². The van der Waals surface area contributed by atoms with Gasteiger partial charge in [0.2, 0.25) is 0 Å². The van der Waals surface area contributed by atoms with Gasteiger partial charge in [-0.2, -0.15) is 0 Å². The van der Waals surface area contributed by atoms with Gasteiger partial charge >= 0.3 is 0 Å². The minimum atomic E-state index is -0.0597. The van der Waals surface area contributed by atoms with Crippen LogP contribution in [0.2, 0.25) is 0 Å². The van der Waals surface area contributed by atoms with E-state index >= 15 is 0 Å². The Labute approximate surface area is 115 Å². The third-order valence-electron chi connectivity index (χ3n) is 3.43. The molecule has 0 unspecified atom stereocenters. The Hall–Kier alpha value is -0.640. The summed E-state index contributed by atoms with van der Waals surface area (Å²) in [5.41, 5.74) is 2.01. The van der Waals surface area contributed by atoms with Crippen molar-refractivity contribution in [1.82, 2.24) is 10.2 Å². The molecule has 0 spiro atoms. The molecule has 1 saturated heterocycles. The highest BCUT2D eigenvalue weighted by atomic mass is 35.5. The quantitative estimate of drug-likeness (QED) is 0.910. The maximum absolute atomic E-state index is 13.8. The number of aryl methyl sites for hydroxylation is 1. The fraction of sp³-hybridized carbons (Fsp3) is 0.571. The Kier molecular flexibility index (Phi) is 6.06. The van der Waals surface area contributed by atoms with Crippen LogP contribution in [0, 0.1) is 5.82 Å². The summed E-state index contributed by atoms with van der Waals surface area (Å²) in [4.78, 5) is 2.33. The van der Waals surface area contributed by atoms with Crippen molar-refractivity contribution in [1.29, 1.82) is 0 Å². The molecule has 2 rings (SSSR count). The first-order chi connectivity index (χ1) is 8.20. The second-order valence-electron chi connectivity index (χ2n) is 4.82. The molecule has 1 aliphatic heterocycles. The lowest BCUT2D eigenvalue weighted by molar-refractivity contribution is 0.197. The predicted molar refractivity (Wildman–Crippen MR) is 75.8 cm³/mol. The molecule has 0 radical (unpaired) electrons. The normalized spacial score (nSPS) is 20.5. The van der Waals surface area contributed by atoms with Gasteiger partial charge in [-0.25, -0.2) is 4.39 Å². The van der Waals surface area contributed by atoms with Crippen molar-refractivity contribution in [2.75, 3.05) is 19.6 Å². The van der Waals surface area contributed by atoms with Gasteiger partial charge in [0.05, 0.1) is 0 Å². The summed E-state index contributed by atoms with van der Waals surface area (Å²) in [6.07, 6.45) is 0.898. The van der Waals surface area contributed by atoms with E-state index in [2.05, 4.69) is 24.1 Å². The van der Waals surface area contributed by atoms with E-state index in [0.29, 0.717) is 6.04 Å². The van der Waals surface area contributed by atoms with Crippen LogP contribution in [0.1, 0.15) is 25.0 Å². The van der Waals surface area contributed by atoms with E-state index in [1.54, 1.807) is 12.1 Å². The molecule has 0 bridgehead atoms. The Balaban J connectivity index is 0.00000162. The summed E-state index contributed by atoms with van der Waals surface area (Å²) in [6.45, 7) is 7.99. The van der Waals surface area contributed by atoms with Gasteiger partial charge in [-0.1, -0.05) is 19.1 Å². The van der Waals surface area contributed by atoms with Crippen LogP contribution >= 0.6 is 12.4 Å². The largest absolute Gasteiger partial charge is 0.312 e. The molecule has 1 atom stereocenters. The summed E-state index contributed by atoms with van der Waals surface area (Å²) < 4.78 is 13.8. The number of hydrogen-bond donors (Lipinski definition) is 1. The molecule has 1 fully saturated rings. The van der Waals surface area contributed by atoms with Crippen molar-refractivity contribution in [3.8, 4) is 0 Å². The van der Waals surface area contributed by atoms with Gasteiger partial charge in [-0.3, -0.25) is 4.90 Å². The molecule has 0 amide bonds. The fourth-order valence-electron chi connectivity index (χ4n) is 2.49. The first kappa shape index (κ1) is 15.4. The number of nitrogens with zero attached hydrogens (tertiary/aromatic N) is 1. The Morgan fingerprint density at radius 2 is 2.22 bits per heavy atom. The van der Waals surface area contributed by atoms with Gasteiger partial charge in [-0.15, -0.1) is 12.4 Å². The standard InChI is InChI=1S/C14H21FN2.ClH/c1-3-12-5-4-6-14(15)13(12)10-17-8-7-16-11(2)9-17;/h4-6,11,16H,3,7-10H2,1-2H3;1H/t11-;/m0./s1. The van der Waals surface area contributed by atoms with Crippen molar-refractivity contribution in [3.05, 3.63) is 35.1 Å². The first-order valence-corrected chi connectivity index (χ1v) is 6.42. The zero-order valence-electron chi connectivity index (χ0n) is 11.1. The Morgan fingerprint density at radius 1 is 1.44 bits per heavy atom. The number of rotatable bonds is 3. The lowest BCUT2D eigenvalue weighted by Gasteiger charge is -2.32. The van der Waals surface area contributed by atoms with E-state index < -0.39 is 0 Å². The van der Waals surface area contributed by atoms with Crippen molar-refractivity contribution in [2.24, 2.45) is 0 Å². The molecule has 1 aliphatic rings. The molecule has 1 N–H and O–H groups in total. The first-order valence-electron chi connectivity index (χ1n) is 6.42. The number of halogens is 2. The van der Waals surface area contributed by atoms with Crippen LogP contribution in [0.4, 0.5) is 4.39 Å². The van der Waals surface area contributed by atoms with E-state index in [1.165, 1.54) is 0 Å². The third-order valence-corrected chi connectivity index (χ3v) is 3.43. The zero-order chi connectivity index (χ0) is 12.3. The van der Waals surface area contributed by atoms with Gasteiger partial charge in [-0.05, 0) is 25.0 Å². The number of piperazine rings is 1. The van der Waals surface area contributed by atoms with E-state index in [4.69, 9.17) is 0 Å². The Morgan fingerprint density at radius 3 is 2.89 bits per heavy atom. The molecule has 1 heterocycles. The highest BCUT2D eigenvalue weighted by molar-refractivity contribution is 5.85. The second kappa shape index (κ2) is 7.07. The summed E-state index contributed by atoms with van der Waals surface area (Å²) in [5, 5.41) is 3.41. The highest BCUT2D eigenvalue weighted by Gasteiger charge is 2.18. The molecule has 0 aromatic heterocycles. The van der Waals surface area contributed by atoms with Gasteiger partial charge < -0.3 is 5.32 Å². The fourth-order valence-corrected chi connectivity index (χ4v) is 2.49. The molecule has 1 aromatic carbocycles. The number of nitrogens with one attached hydrogen (secondary N) is 1. The maximum atomic E-state index is 13.8. The maximum Gasteiger partial charge on any atom is 0.127 e. The summed E-state index contributed by atoms with van der Waals surface area (Å²) in [7, 11) is 0. The van der Waals surface area contributed by atoms with Crippen LogP contribution in [0.5, 0.6) is 0 Å². The molecule has 0 aliphatic carbocycles. The van der Waals surface area contributed by atoms with Crippen LogP contribution in [0.25, 0.3) is 0 Å². The minimum Gasteiger partial charge on any atom is -0.312 e. The molecular weight excluding hydrogens is 251 g/mol. The second-order valence-corrected chi connectivity index (χ2v) is 4.82. The van der Waals surface area contributed by atoms with Gasteiger partial charge in [0.1, 0.15) is 5.82 Å². The molecule has 2 nitrogen and oxygen atoms in total. The topological polar surface area (TPSA) is 15.3 Å². The van der Waals surface area contributed by atoms with Crippen molar-refractivity contribution < 1.29 is 4.39 Å². The van der Waals surface area contributed by atoms with E-state index in [9.17, 15) is 4.39 Å². The third kappa shape index (κ3) is 3.67. The van der Waals surface area contributed by atoms with E-state index in [0.717, 1.165) is 43.7 Å². The monoisotopic (exact) mass is 272 g/mol. The molecule has 0 saturated carbocycles. The summed E-state index contributed by atoms with van der Waals surface area (Å²) >= 11 is 0. The van der Waals surface area contributed by atoms with Crippen LogP contribution in [-0.4, -0.2) is 30.6 Å². The van der Waals surface area contributed by atoms with Crippen LogP contribution in [0.3, 0.4) is 0 Å². The van der Waals surface area contributed by atoms with Gasteiger partial charge in [0.15, 0.2) is 0 Å². The molecule has 102 valence electrons. The SMILES string of the molecule is CCc1cccc(F)c1CN1CCN[C@@H](C)C1.Cl. The van der Waals surface area contributed by atoms with Gasteiger partial charge in [0, 0.05) is 37.8 Å². The predicted octanol–water partition coefficient (Wildman–Crippen LogP) is 2.60. The zero-order valence-corrected chi connectivity index (χ0v) is 11.9. The van der Waals surface area contributed by atoms with Crippen molar-refractivity contribution >= 4 is 12.4 Å². The molecule has 4 heteroatoms. The minimum absolute atomic E-state index is 0. The Bertz CT molecular complexity index is 384. The van der Waals surface area contributed by atoms with Crippen molar-refractivity contribution in [3.63, 3.8) is 0 Å². The van der Waals surface area contributed by atoms with Gasteiger partial charge in [0.25, 0.3) is 0 Å². The molecule has 1 aromatic rings. The smallest absolute Gasteiger partial charge is 0.127 e. The van der Waals surface area contributed by atoms with Crippen LogP contribution in [0.15, 0.2) is 18.2 Å². The average Bonchev–Trinajstić information content (AvgIpc) is 2.32. The lowest BCUT2D eigenvalue weighted by Crippen LogP contribution is -2.48. The number of hydrogen-bond acceptors (Lipinski definition) is 2. The summed E-state index contributed by atoms with van der Waals surface area (Å²) in [5.74, 6) is -0.0597. The van der Waals surface area contributed by atoms with E-state index in [-0.39, 0.29) is 18.2 Å². The van der Waals surface area contributed by atoms with Crippen LogP contribution in [-0.2, 0) is 13.0 Å². The van der Waals surface area contributed by atoms with Crippen molar-refractivity contribution in [2.45, 2.75) is 32.9 Å². The number of benzene rings is 1. The molecular formula is C14H22ClFN2. The highest BCUT2D eigenvalue weighted by Crippen LogP contribution is 2.17.